The van der Waals surface area contributed by atoms with E-state index in [0.29, 0.717) is 11.3 Å². The summed E-state index contributed by atoms with van der Waals surface area (Å²) in [5, 5.41) is 9.01. The number of hydrogen-bond donors (Lipinski definition) is 1. The number of ether oxygens (including phenoxy) is 1. The number of rotatable bonds is 3. The average molecular weight is 250 g/mol. The average Bonchev–Trinajstić information content (AvgIpc) is 2.38. The largest absolute Gasteiger partial charge is 0.505 e. The predicted octanol–water partition coefficient (Wildman–Crippen LogP) is 2.87. The summed E-state index contributed by atoms with van der Waals surface area (Å²) in [6, 6.07) is 8.20. The van der Waals surface area contributed by atoms with E-state index in [0.717, 1.165) is 6.07 Å². The molecule has 0 amide bonds. The van der Waals surface area contributed by atoms with E-state index >= 15 is 0 Å². The van der Waals surface area contributed by atoms with E-state index in [1.165, 1.54) is 30.3 Å². The van der Waals surface area contributed by atoms with Crippen molar-refractivity contribution in [2.45, 2.75) is 0 Å². The molecule has 0 saturated heterocycles. The van der Waals surface area contributed by atoms with E-state index < -0.39 is 17.4 Å². The zero-order valence-electron chi connectivity index (χ0n) is 9.06. The number of hydrogen-bond acceptors (Lipinski definition) is 3. The normalized spacial score (nSPS) is 10.1. The summed E-state index contributed by atoms with van der Waals surface area (Å²) in [4.78, 5) is 10.1. The molecule has 0 saturated carbocycles. The molecule has 2 rings (SSSR count). The topological polar surface area (TPSA) is 46.5 Å². The predicted molar refractivity (Wildman–Crippen MR) is 60.2 cm³/mol. The smallest absolute Gasteiger partial charge is 0.298 e. The number of phenolic OH excluding ortho intramolecular Hbond substituents is 1. The fraction of sp³-hybridized carbons (Fsp3) is 0. The second-order valence-electron chi connectivity index (χ2n) is 3.50. The van der Waals surface area contributed by atoms with Crippen LogP contribution in [0.3, 0.4) is 0 Å². The molecule has 0 atom stereocenters. The molecule has 92 valence electrons. The third kappa shape index (κ3) is 2.15. The first-order valence-corrected chi connectivity index (χ1v) is 5.01. The van der Waals surface area contributed by atoms with Crippen LogP contribution in [0.1, 0.15) is 0 Å². The third-order valence-corrected chi connectivity index (χ3v) is 2.41. The van der Waals surface area contributed by atoms with Crippen molar-refractivity contribution in [1.82, 2.24) is 0 Å². The second-order valence-corrected chi connectivity index (χ2v) is 3.50. The van der Waals surface area contributed by atoms with Crippen LogP contribution in [0.5, 0.6) is 11.5 Å². The van der Waals surface area contributed by atoms with Gasteiger partial charge in [-0.2, -0.15) is 4.39 Å². The lowest BCUT2D eigenvalue weighted by Crippen LogP contribution is -1.91. The van der Waals surface area contributed by atoms with Gasteiger partial charge in [0, 0.05) is 5.56 Å². The highest BCUT2D eigenvalue weighted by atomic mass is 19.2. The van der Waals surface area contributed by atoms with E-state index in [2.05, 4.69) is 4.74 Å². The molecule has 1 N–H and O–H groups in total. The van der Waals surface area contributed by atoms with Gasteiger partial charge in [0.25, 0.3) is 6.47 Å². The van der Waals surface area contributed by atoms with Crippen LogP contribution in [0.4, 0.5) is 8.78 Å². The van der Waals surface area contributed by atoms with Crippen molar-refractivity contribution >= 4 is 6.47 Å². The zero-order chi connectivity index (χ0) is 13.1. The Morgan fingerprint density at radius 3 is 2.28 bits per heavy atom. The van der Waals surface area contributed by atoms with Crippen molar-refractivity contribution in [3.63, 3.8) is 0 Å². The van der Waals surface area contributed by atoms with Crippen molar-refractivity contribution in [2.24, 2.45) is 0 Å². The molecule has 5 heteroatoms. The van der Waals surface area contributed by atoms with Gasteiger partial charge in [0.05, 0.1) is 0 Å². The Morgan fingerprint density at radius 1 is 1.00 bits per heavy atom. The van der Waals surface area contributed by atoms with Crippen molar-refractivity contribution < 1.29 is 23.4 Å². The van der Waals surface area contributed by atoms with Gasteiger partial charge in [0.15, 0.2) is 11.6 Å². The highest BCUT2D eigenvalue weighted by molar-refractivity contribution is 5.66. The molecule has 0 aliphatic heterocycles. The number of benzene rings is 2. The summed E-state index contributed by atoms with van der Waals surface area (Å²) >= 11 is 0. The molecule has 0 aliphatic carbocycles. The first-order chi connectivity index (χ1) is 8.63. The summed E-state index contributed by atoms with van der Waals surface area (Å²) in [6.07, 6.45) is 0. The van der Waals surface area contributed by atoms with Crippen LogP contribution < -0.4 is 4.74 Å². The molecule has 0 bridgehead atoms. The summed E-state index contributed by atoms with van der Waals surface area (Å²) < 4.78 is 31.3. The molecule has 18 heavy (non-hydrogen) atoms. The molecule has 3 nitrogen and oxygen atoms in total. The minimum absolute atomic E-state index is 0.0166. The first kappa shape index (κ1) is 12.0. The van der Waals surface area contributed by atoms with E-state index in [9.17, 15) is 13.6 Å². The molecule has 0 aromatic heterocycles. The van der Waals surface area contributed by atoms with E-state index in [4.69, 9.17) is 5.11 Å². The molecular formula is C13H8F2O3. The van der Waals surface area contributed by atoms with Gasteiger partial charge < -0.3 is 9.84 Å². The number of carbonyl (C=O) groups is 1. The van der Waals surface area contributed by atoms with Crippen LogP contribution in [0, 0.1) is 11.6 Å². The van der Waals surface area contributed by atoms with Crippen molar-refractivity contribution in [1.29, 1.82) is 0 Å². The van der Waals surface area contributed by atoms with Gasteiger partial charge in [-0.3, -0.25) is 4.79 Å². The van der Waals surface area contributed by atoms with Crippen molar-refractivity contribution in [3.8, 4) is 22.6 Å². The quantitative estimate of drug-likeness (QED) is 0.852. The molecule has 2 aromatic rings. The molecule has 0 radical (unpaired) electrons. The summed E-state index contributed by atoms with van der Waals surface area (Å²) in [6.45, 7) is 0.274. The highest BCUT2D eigenvalue weighted by Gasteiger charge is 2.13. The molecule has 0 spiro atoms. The fourth-order valence-corrected chi connectivity index (χ4v) is 1.53. The van der Waals surface area contributed by atoms with Crippen LogP contribution in [-0.4, -0.2) is 11.6 Å². The van der Waals surface area contributed by atoms with Crippen molar-refractivity contribution in [3.05, 3.63) is 48.0 Å². The molecule has 0 unspecified atom stereocenters. The summed E-state index contributed by atoms with van der Waals surface area (Å²) in [7, 11) is 0. The summed E-state index contributed by atoms with van der Waals surface area (Å²) in [5.41, 5.74) is 0.424. The van der Waals surface area contributed by atoms with E-state index in [1.807, 2.05) is 0 Å². The highest BCUT2D eigenvalue weighted by Crippen LogP contribution is 2.29. The lowest BCUT2D eigenvalue weighted by atomic mass is 10.0. The minimum Gasteiger partial charge on any atom is -0.505 e. The SMILES string of the molecule is O=COc1ccc(-c2ccc(O)c(F)c2F)cc1. The molecule has 0 aliphatic rings. The van der Waals surface area contributed by atoms with Crippen molar-refractivity contribution in [2.75, 3.05) is 0 Å². The van der Waals surface area contributed by atoms with Gasteiger partial charge >= 0.3 is 0 Å². The number of halogens is 2. The maximum Gasteiger partial charge on any atom is 0.298 e. The maximum absolute atomic E-state index is 13.6. The Hall–Kier alpha value is -2.43. The standard InChI is InChI=1S/C13H8F2O3/c14-12-10(5-6-11(17)13(12)15)8-1-3-9(4-2-8)18-7-16/h1-7,17H. The fourth-order valence-electron chi connectivity index (χ4n) is 1.53. The van der Waals surface area contributed by atoms with E-state index in [-0.39, 0.29) is 12.0 Å². The maximum atomic E-state index is 13.6. The molecule has 2 aromatic carbocycles. The van der Waals surface area contributed by atoms with Gasteiger partial charge in [0.2, 0.25) is 5.82 Å². The van der Waals surface area contributed by atoms with Gasteiger partial charge in [0.1, 0.15) is 5.75 Å². The van der Waals surface area contributed by atoms with Gasteiger partial charge in [-0.05, 0) is 29.8 Å². The minimum atomic E-state index is -1.29. The lowest BCUT2D eigenvalue weighted by Gasteiger charge is -2.06. The van der Waals surface area contributed by atoms with Gasteiger partial charge in [-0.15, -0.1) is 0 Å². The summed E-state index contributed by atoms with van der Waals surface area (Å²) in [5.74, 6) is -2.86. The van der Waals surface area contributed by atoms with Crippen LogP contribution in [0.25, 0.3) is 11.1 Å². The third-order valence-electron chi connectivity index (χ3n) is 2.41. The van der Waals surface area contributed by atoms with Crippen LogP contribution in [0.15, 0.2) is 36.4 Å². The zero-order valence-corrected chi connectivity index (χ0v) is 9.06. The van der Waals surface area contributed by atoms with Gasteiger partial charge in [-0.25, -0.2) is 4.39 Å². The Balaban J connectivity index is 2.43. The Kier molecular flexibility index (Phi) is 3.23. The molecular weight excluding hydrogens is 242 g/mol. The van der Waals surface area contributed by atoms with Crippen LogP contribution in [0.2, 0.25) is 0 Å². The molecule has 0 heterocycles. The van der Waals surface area contributed by atoms with Gasteiger partial charge in [-0.1, -0.05) is 12.1 Å². The number of phenols is 1. The Bertz CT molecular complexity index is 580. The monoisotopic (exact) mass is 250 g/mol. The Labute approximate surface area is 101 Å². The lowest BCUT2D eigenvalue weighted by molar-refractivity contribution is -0.120. The second kappa shape index (κ2) is 4.83. The first-order valence-electron chi connectivity index (χ1n) is 5.01. The molecule has 0 fully saturated rings. The van der Waals surface area contributed by atoms with Crippen LogP contribution in [-0.2, 0) is 4.79 Å². The number of aromatic hydroxyl groups is 1. The Morgan fingerprint density at radius 2 is 1.67 bits per heavy atom. The van der Waals surface area contributed by atoms with Crippen LogP contribution >= 0.6 is 0 Å². The van der Waals surface area contributed by atoms with E-state index in [1.54, 1.807) is 0 Å². The number of carbonyl (C=O) groups excluding carboxylic acids is 1.